The molecule has 7 heteroatoms. The Morgan fingerprint density at radius 3 is 2.75 bits per heavy atom. The van der Waals surface area contributed by atoms with Crippen LogP contribution in [0.5, 0.6) is 0 Å². The molecule has 1 heterocycles. The lowest BCUT2D eigenvalue weighted by Gasteiger charge is -2.19. The summed E-state index contributed by atoms with van der Waals surface area (Å²) in [5.41, 5.74) is 2.27. The number of aromatic nitrogens is 1. The number of hydrogen-bond acceptors (Lipinski definition) is 4. The lowest BCUT2D eigenvalue weighted by molar-refractivity contribution is 0.168. The number of nitrogens with one attached hydrogen (secondary N) is 2. The number of amides is 2. The Bertz CT molecular complexity index is 710. The number of anilines is 1. The van der Waals surface area contributed by atoms with E-state index in [1.807, 2.05) is 19.1 Å². The molecule has 1 aromatic heterocycles. The highest BCUT2D eigenvalue weighted by Gasteiger charge is 2.32. The first-order valence-corrected chi connectivity index (χ1v) is 8.24. The van der Waals surface area contributed by atoms with Crippen LogP contribution in [0.15, 0.2) is 28.8 Å². The van der Waals surface area contributed by atoms with Crippen molar-refractivity contribution in [2.45, 2.75) is 31.7 Å². The van der Waals surface area contributed by atoms with Gasteiger partial charge in [-0.15, -0.1) is 0 Å². The zero-order chi connectivity index (χ0) is 17.1. The van der Waals surface area contributed by atoms with Crippen LogP contribution in [0, 0.1) is 6.92 Å². The van der Waals surface area contributed by atoms with Crippen LogP contribution in [-0.2, 0) is 4.74 Å². The van der Waals surface area contributed by atoms with Crippen LogP contribution in [-0.4, -0.2) is 24.9 Å². The summed E-state index contributed by atoms with van der Waals surface area (Å²) in [6.07, 6.45) is 2.14. The Labute approximate surface area is 145 Å². The summed E-state index contributed by atoms with van der Waals surface area (Å²) in [4.78, 5) is 12.4. The van der Waals surface area contributed by atoms with Crippen LogP contribution < -0.4 is 10.6 Å². The number of hydrogen-bond donors (Lipinski definition) is 2. The number of carbonyl (C=O) groups is 1. The van der Waals surface area contributed by atoms with Crippen molar-refractivity contribution >= 4 is 23.3 Å². The fraction of sp³-hybridized carbons (Fsp3) is 0.412. The number of halogens is 1. The van der Waals surface area contributed by atoms with Crippen LogP contribution in [0.3, 0.4) is 0 Å². The smallest absolute Gasteiger partial charge is 0.319 e. The van der Waals surface area contributed by atoms with Gasteiger partial charge in [-0.2, -0.15) is 0 Å². The van der Waals surface area contributed by atoms with E-state index >= 15 is 0 Å². The quantitative estimate of drug-likeness (QED) is 0.825. The Kier molecular flexibility index (Phi) is 5.06. The molecular weight excluding hydrogens is 330 g/mol. The molecule has 2 amide bonds. The van der Waals surface area contributed by atoms with E-state index in [1.54, 1.807) is 19.2 Å². The highest BCUT2D eigenvalue weighted by Crippen LogP contribution is 2.44. The minimum absolute atomic E-state index is 0.281. The third-order valence-electron chi connectivity index (χ3n) is 3.99. The molecule has 1 saturated carbocycles. The van der Waals surface area contributed by atoms with Gasteiger partial charge in [0.1, 0.15) is 11.4 Å². The number of ether oxygens (including phenoxy) is 1. The zero-order valence-corrected chi connectivity index (χ0v) is 14.4. The number of nitrogens with zero attached hydrogens (tertiary/aromatic N) is 1. The molecule has 2 N–H and O–H groups in total. The number of benzene rings is 1. The number of carbonyl (C=O) groups excluding carboxylic acids is 1. The van der Waals surface area contributed by atoms with Crippen molar-refractivity contribution in [1.29, 1.82) is 0 Å². The minimum Gasteiger partial charge on any atom is -0.382 e. The van der Waals surface area contributed by atoms with Gasteiger partial charge in [0, 0.05) is 18.1 Å². The van der Waals surface area contributed by atoms with Gasteiger partial charge in [0.05, 0.1) is 12.6 Å². The second-order valence-corrected chi connectivity index (χ2v) is 6.38. The SMILES string of the molecule is COCC(NC(=O)Nc1c(C)noc1C1CC1)c1ccc(Cl)cc1. The summed E-state index contributed by atoms with van der Waals surface area (Å²) in [7, 11) is 1.60. The van der Waals surface area contributed by atoms with Crippen molar-refractivity contribution in [1.82, 2.24) is 10.5 Å². The van der Waals surface area contributed by atoms with E-state index in [1.165, 1.54) is 0 Å². The maximum atomic E-state index is 12.4. The molecule has 0 bridgehead atoms. The summed E-state index contributed by atoms with van der Waals surface area (Å²) in [5.74, 6) is 1.13. The number of urea groups is 1. The van der Waals surface area contributed by atoms with Crippen molar-refractivity contribution in [3.8, 4) is 0 Å². The maximum absolute atomic E-state index is 12.4. The minimum atomic E-state index is -0.319. The summed E-state index contributed by atoms with van der Waals surface area (Å²) in [6.45, 7) is 2.17. The first-order valence-electron chi connectivity index (χ1n) is 7.86. The molecule has 0 saturated heterocycles. The van der Waals surface area contributed by atoms with Gasteiger partial charge < -0.3 is 19.9 Å². The Morgan fingerprint density at radius 1 is 1.42 bits per heavy atom. The van der Waals surface area contributed by atoms with Crippen LogP contribution >= 0.6 is 11.6 Å². The van der Waals surface area contributed by atoms with Gasteiger partial charge in [0.2, 0.25) is 0 Å². The fourth-order valence-electron chi connectivity index (χ4n) is 2.55. The van der Waals surface area contributed by atoms with Crippen LogP contribution in [0.4, 0.5) is 10.5 Å². The van der Waals surface area contributed by atoms with Gasteiger partial charge in [-0.3, -0.25) is 0 Å². The lowest BCUT2D eigenvalue weighted by atomic mass is 10.1. The predicted octanol–water partition coefficient (Wildman–Crippen LogP) is 4.02. The van der Waals surface area contributed by atoms with Crippen LogP contribution in [0.25, 0.3) is 0 Å². The summed E-state index contributed by atoms with van der Waals surface area (Å²) in [6, 6.07) is 6.71. The van der Waals surface area contributed by atoms with Gasteiger partial charge >= 0.3 is 6.03 Å². The van der Waals surface area contributed by atoms with Gasteiger partial charge in [0.15, 0.2) is 5.76 Å². The van der Waals surface area contributed by atoms with Gasteiger partial charge in [-0.1, -0.05) is 28.9 Å². The molecule has 24 heavy (non-hydrogen) atoms. The second kappa shape index (κ2) is 7.23. The molecule has 0 spiro atoms. The number of rotatable bonds is 6. The van der Waals surface area contributed by atoms with Crippen molar-refractivity contribution in [2.75, 3.05) is 19.0 Å². The second-order valence-electron chi connectivity index (χ2n) is 5.94. The summed E-state index contributed by atoms with van der Waals surface area (Å²) in [5, 5.41) is 10.4. The van der Waals surface area contributed by atoms with Crippen molar-refractivity contribution in [3.05, 3.63) is 46.3 Å². The van der Waals surface area contributed by atoms with E-state index in [0.29, 0.717) is 28.9 Å². The molecule has 6 nitrogen and oxygen atoms in total. The summed E-state index contributed by atoms with van der Waals surface area (Å²) < 4.78 is 10.6. The number of methoxy groups -OCH3 is 1. The Hall–Kier alpha value is -2.05. The highest BCUT2D eigenvalue weighted by atomic mass is 35.5. The Balaban J connectivity index is 1.69. The molecule has 1 aromatic carbocycles. The molecule has 2 aromatic rings. The monoisotopic (exact) mass is 349 g/mol. The molecular formula is C17H20ClN3O3. The molecule has 1 fully saturated rings. The van der Waals surface area contributed by atoms with Crippen molar-refractivity contribution in [2.24, 2.45) is 0 Å². The summed E-state index contributed by atoms with van der Waals surface area (Å²) >= 11 is 5.92. The van der Waals surface area contributed by atoms with E-state index in [4.69, 9.17) is 20.9 Å². The van der Waals surface area contributed by atoms with Gasteiger partial charge in [-0.05, 0) is 37.5 Å². The Morgan fingerprint density at radius 2 is 2.12 bits per heavy atom. The normalized spacial score (nSPS) is 15.1. The topological polar surface area (TPSA) is 76.4 Å². The van der Waals surface area contributed by atoms with E-state index in [0.717, 1.165) is 24.2 Å². The van der Waals surface area contributed by atoms with Crippen molar-refractivity contribution in [3.63, 3.8) is 0 Å². The van der Waals surface area contributed by atoms with Crippen molar-refractivity contribution < 1.29 is 14.1 Å². The lowest BCUT2D eigenvalue weighted by Crippen LogP contribution is -2.35. The standard InChI is InChI=1S/C17H20ClN3O3/c1-10-15(16(24-21-10)12-3-4-12)20-17(22)19-14(9-23-2)11-5-7-13(18)8-6-11/h5-8,12,14H,3-4,9H2,1-2H3,(H2,19,20,22). The molecule has 1 aliphatic carbocycles. The van der Waals surface area contributed by atoms with E-state index in [2.05, 4.69) is 15.8 Å². The molecule has 3 rings (SSSR count). The predicted molar refractivity (Wildman–Crippen MR) is 91.4 cm³/mol. The molecule has 128 valence electrons. The van der Waals surface area contributed by atoms with E-state index in [9.17, 15) is 4.79 Å². The molecule has 0 aliphatic heterocycles. The first kappa shape index (κ1) is 16.8. The average Bonchev–Trinajstić information content (AvgIpc) is 3.33. The fourth-order valence-corrected chi connectivity index (χ4v) is 2.68. The molecule has 1 atom stereocenters. The van der Waals surface area contributed by atoms with E-state index < -0.39 is 0 Å². The largest absolute Gasteiger partial charge is 0.382 e. The van der Waals surface area contributed by atoms with Gasteiger partial charge in [-0.25, -0.2) is 4.79 Å². The van der Waals surface area contributed by atoms with Crippen LogP contribution in [0.2, 0.25) is 5.02 Å². The molecule has 0 radical (unpaired) electrons. The third-order valence-corrected chi connectivity index (χ3v) is 4.24. The first-order chi connectivity index (χ1) is 11.6. The van der Waals surface area contributed by atoms with E-state index in [-0.39, 0.29) is 12.1 Å². The van der Waals surface area contributed by atoms with Gasteiger partial charge in [0.25, 0.3) is 0 Å². The third kappa shape index (κ3) is 3.88. The average molecular weight is 350 g/mol. The molecule has 1 unspecified atom stereocenters. The van der Waals surface area contributed by atoms with Crippen LogP contribution in [0.1, 0.15) is 41.8 Å². The zero-order valence-electron chi connectivity index (χ0n) is 13.6. The highest BCUT2D eigenvalue weighted by molar-refractivity contribution is 6.30. The molecule has 1 aliphatic rings. The number of aryl methyl sites for hydroxylation is 1. The maximum Gasteiger partial charge on any atom is 0.319 e.